The van der Waals surface area contributed by atoms with Gasteiger partial charge in [-0.25, -0.2) is 0 Å². The van der Waals surface area contributed by atoms with Crippen molar-refractivity contribution in [2.75, 3.05) is 52.9 Å². The second-order valence-corrected chi connectivity index (χ2v) is 53.8. The molecule has 71 heavy (non-hydrogen) atoms. The predicted octanol–water partition coefficient (Wildman–Crippen LogP) is 17.9. The van der Waals surface area contributed by atoms with Gasteiger partial charge in [0.05, 0.1) is 0 Å². The lowest BCUT2D eigenvalue weighted by Crippen LogP contribution is -2.54. The van der Waals surface area contributed by atoms with E-state index in [0.717, 1.165) is 76.3 Å². The molecule has 0 amide bonds. The zero-order valence-corrected chi connectivity index (χ0v) is 57.9. The van der Waals surface area contributed by atoms with Crippen molar-refractivity contribution < 1.29 is 48.6 Å². The fourth-order valence-electron chi connectivity index (χ4n) is 7.66. The molecule has 0 heterocycles. The van der Waals surface area contributed by atoms with Gasteiger partial charge in [0, 0.05) is 59.3 Å². The molecule has 0 rings (SSSR count). The molecule has 0 bridgehead atoms. The third kappa shape index (κ3) is 39.7. The van der Waals surface area contributed by atoms with Crippen LogP contribution in [0.1, 0.15) is 143 Å². The molecule has 0 spiro atoms. The topological polar surface area (TPSA) is 73.8 Å². The highest BCUT2D eigenvalue weighted by atomic mass is 28.5. The van der Waals surface area contributed by atoms with Gasteiger partial charge in [0.25, 0.3) is 0 Å². The van der Waals surface area contributed by atoms with E-state index in [2.05, 4.69) is 176 Å². The Morgan fingerprint density at radius 2 is 0.549 bits per heavy atom. The molecule has 0 saturated heterocycles. The number of hydrogen-bond donors (Lipinski definition) is 0. The van der Waals surface area contributed by atoms with E-state index in [1.807, 2.05) is 6.55 Å². The van der Waals surface area contributed by atoms with Crippen LogP contribution in [-0.4, -0.2) is 109 Å². The first-order valence-electron chi connectivity index (χ1n) is 27.7. The molecule has 430 valence electrons. The number of alkyl halides is 3. The van der Waals surface area contributed by atoms with E-state index < -0.39 is 63.0 Å². The summed E-state index contributed by atoms with van der Waals surface area (Å²) in [5.74, 6) is 2.04. The Morgan fingerprint density at radius 3 is 0.746 bits per heavy atom. The van der Waals surface area contributed by atoms with E-state index in [0.29, 0.717) is 60.9 Å². The maximum absolute atomic E-state index is 13.2. The molecule has 4 unspecified atom stereocenters. The lowest BCUT2D eigenvalue weighted by atomic mass is 9.83. The summed E-state index contributed by atoms with van der Waals surface area (Å²) in [7, 11) is -13.2. The van der Waals surface area contributed by atoms with Crippen LogP contribution < -0.4 is 0 Å². The van der Waals surface area contributed by atoms with Crippen LogP contribution in [0, 0.1) is 45.3 Å². The largest absolute Gasteiger partial charge is 0.437 e. The normalized spacial score (nSPS) is 16.8. The highest BCUT2D eigenvalue weighted by Gasteiger charge is 2.45. The predicted molar refractivity (Wildman–Crippen MR) is 314 cm³/mol. The Kier molecular flexibility index (Phi) is 32.6. The maximum atomic E-state index is 13.2. The van der Waals surface area contributed by atoms with Gasteiger partial charge in [-0.1, -0.05) is 111 Å². The molecule has 0 radical (unpaired) electrons. The smallest absolute Gasteiger partial charge is 0.389 e. The van der Waals surface area contributed by atoms with Crippen LogP contribution in [-0.2, 0) is 35.4 Å². The van der Waals surface area contributed by atoms with Crippen molar-refractivity contribution in [1.29, 1.82) is 0 Å². The van der Waals surface area contributed by atoms with Gasteiger partial charge in [-0.05, 0) is 173 Å². The third-order valence-corrected chi connectivity index (χ3v) is 38.2. The average molecular weight is 1120 g/mol. The highest BCUT2D eigenvalue weighted by molar-refractivity contribution is 6.89. The number of hydrogen-bond acceptors (Lipinski definition) is 8. The van der Waals surface area contributed by atoms with Crippen LogP contribution in [0.15, 0.2) is 0 Å². The fraction of sp³-hybridized carbons (Fsp3) is 1.00. The van der Waals surface area contributed by atoms with Crippen LogP contribution in [0.4, 0.5) is 13.2 Å². The molecule has 8 nitrogen and oxygen atoms in total. The van der Waals surface area contributed by atoms with Gasteiger partial charge < -0.3 is 35.4 Å². The zero-order chi connectivity index (χ0) is 56.2. The Morgan fingerprint density at radius 1 is 0.338 bits per heavy atom. The van der Waals surface area contributed by atoms with Gasteiger partial charge in [-0.2, -0.15) is 13.2 Å². The number of ether oxygens (including phenoxy) is 4. The molecule has 0 aliphatic heterocycles. The van der Waals surface area contributed by atoms with Gasteiger partial charge >= 0.3 is 23.3 Å². The Balaban J connectivity index is 0. The second-order valence-electron chi connectivity index (χ2n) is 28.9. The van der Waals surface area contributed by atoms with Crippen molar-refractivity contribution in [2.45, 2.75) is 251 Å². The monoisotopic (exact) mass is 1120 g/mol. The van der Waals surface area contributed by atoms with Gasteiger partial charge in [-0.15, -0.1) is 0 Å². The quantitative estimate of drug-likeness (QED) is 0.0466. The molecule has 0 saturated carbocycles. The maximum Gasteiger partial charge on any atom is 0.389 e. The van der Waals surface area contributed by atoms with Crippen molar-refractivity contribution in [3.63, 3.8) is 0 Å². The van der Waals surface area contributed by atoms with E-state index in [4.69, 9.17) is 35.4 Å². The van der Waals surface area contributed by atoms with E-state index in [9.17, 15) is 13.2 Å². The summed E-state index contributed by atoms with van der Waals surface area (Å²) in [5, 5.41) is 0. The van der Waals surface area contributed by atoms with Crippen LogP contribution in [0.2, 0.25) is 102 Å². The molecular weight excluding hydrogens is 1000 g/mol. The molecule has 0 aliphatic rings. The summed E-state index contributed by atoms with van der Waals surface area (Å²) in [6, 6.07) is 3.88. The summed E-state index contributed by atoms with van der Waals surface area (Å²) in [6.45, 7) is 66.0. The molecule has 0 aromatic heterocycles. The molecule has 0 fully saturated rings. The van der Waals surface area contributed by atoms with Crippen LogP contribution in [0.3, 0.4) is 0 Å². The van der Waals surface area contributed by atoms with Gasteiger partial charge in [0.1, 0.15) is 0 Å². The van der Waals surface area contributed by atoms with Crippen LogP contribution >= 0.6 is 0 Å². The zero-order valence-electron chi connectivity index (χ0n) is 51.9. The van der Waals surface area contributed by atoms with E-state index in [1.165, 1.54) is 0 Å². The fourth-order valence-corrected chi connectivity index (χ4v) is 35.9. The van der Waals surface area contributed by atoms with Crippen molar-refractivity contribution in [3.8, 4) is 0 Å². The van der Waals surface area contributed by atoms with Crippen molar-refractivity contribution in [1.82, 2.24) is 0 Å². The molecule has 17 heteroatoms. The molecule has 0 aliphatic carbocycles. The van der Waals surface area contributed by atoms with Gasteiger partial charge in [0.2, 0.25) is 0 Å². The Hall–Kier alpha value is 0.771. The van der Waals surface area contributed by atoms with Crippen molar-refractivity contribution in [3.05, 3.63) is 0 Å². The first-order valence-corrected chi connectivity index (χ1v) is 45.5. The average Bonchev–Trinajstić information content (AvgIpc) is 3.13. The minimum atomic E-state index is -4.21. The Labute approximate surface area is 446 Å². The first kappa shape index (κ1) is 73.8. The van der Waals surface area contributed by atoms with E-state index >= 15 is 0 Å². The van der Waals surface area contributed by atoms with Gasteiger partial charge in [0.15, 0.2) is 33.3 Å². The van der Waals surface area contributed by atoms with Crippen molar-refractivity contribution >= 4 is 50.4 Å². The number of rotatable bonds is 34. The minimum Gasteiger partial charge on any atom is -0.437 e. The molecular formula is C54H121F3O8Si6. The molecule has 0 N–H and O–H groups in total. The third-order valence-electron chi connectivity index (χ3n) is 14.5. The van der Waals surface area contributed by atoms with Crippen LogP contribution in [0.25, 0.3) is 0 Å². The summed E-state index contributed by atoms with van der Waals surface area (Å²) in [4.78, 5) is 0. The van der Waals surface area contributed by atoms with E-state index in [1.54, 1.807) is 0 Å². The SMILES string of the molecule is CC(COCCC[Si](C)(C)O[Si](C)(C)O[Si](C)(C)CCCOCC(C)C(C)(C)C)C(C)(C)C.CC(COCCC[Si](C)(C)O[Si](C)(CCC(F)(F)F)O[Si](C)(C)CCCOCC(C)C(C)(C)C)C(C)(C)C. The van der Waals surface area contributed by atoms with Crippen LogP contribution in [0.5, 0.6) is 0 Å². The summed E-state index contributed by atoms with van der Waals surface area (Å²) in [5.41, 5.74) is 1.01. The van der Waals surface area contributed by atoms with Crippen molar-refractivity contribution in [2.24, 2.45) is 45.3 Å². The summed E-state index contributed by atoms with van der Waals surface area (Å²) >= 11 is 0. The van der Waals surface area contributed by atoms with Gasteiger partial charge in [-0.3, -0.25) is 0 Å². The first-order chi connectivity index (χ1) is 31.5. The van der Waals surface area contributed by atoms with E-state index in [-0.39, 0.29) is 16.9 Å². The standard InChI is InChI=1S/C28H61F3O4Si3.C26H60O4Si3/c1-24(26(3,4)5)22-32-17-14-19-36(9,10)34-38(13,21-16-28(29,30)31)35-37(11,12)20-15-18-33-23-25(2)27(6,7)8;1-23(25(3,4)5)21-27-17-15-19-31(9,10)29-33(13,14)30-32(11,12)20-16-18-28-22-24(2)26(6,7)8/h24-25H,14-23H2,1-13H3;23-24H,15-22H2,1-14H3. The molecule has 0 aromatic carbocycles. The Bertz CT molecular complexity index is 1320. The summed E-state index contributed by atoms with van der Waals surface area (Å²) in [6.07, 6.45) is -1.22. The lowest BCUT2D eigenvalue weighted by Gasteiger charge is -2.41. The number of halogens is 3. The molecule has 4 atom stereocenters. The molecule has 0 aromatic rings. The second kappa shape index (κ2) is 31.4. The highest BCUT2D eigenvalue weighted by Crippen LogP contribution is 2.35. The lowest BCUT2D eigenvalue weighted by molar-refractivity contribution is -0.131. The minimum absolute atomic E-state index is 0.0530. The summed E-state index contributed by atoms with van der Waals surface area (Å²) < 4.78 is 90.2.